The molecular formula is C16H20N2O5. The Morgan fingerprint density at radius 2 is 1.74 bits per heavy atom. The van der Waals surface area contributed by atoms with Gasteiger partial charge in [-0.1, -0.05) is 5.16 Å². The van der Waals surface area contributed by atoms with Gasteiger partial charge in [-0.25, -0.2) is 0 Å². The number of nitrogens with zero attached hydrogens (tertiary/aromatic N) is 1. The Balaban J connectivity index is 2.21. The standard InChI is InChI=1S/C16H20N2O5/c1-9-12(10(2)23-18-9)8-15(19)17-11-6-13(20-3)16(22-5)14(7-11)21-4/h6-7H,8H2,1-5H3,(H,17,19). The number of carbonyl (C=O) groups excluding carboxylic acids is 1. The molecule has 0 radical (unpaired) electrons. The summed E-state index contributed by atoms with van der Waals surface area (Å²) >= 11 is 0. The van der Waals surface area contributed by atoms with Gasteiger partial charge < -0.3 is 24.1 Å². The van der Waals surface area contributed by atoms with E-state index in [2.05, 4.69) is 10.5 Å². The first kappa shape index (κ1) is 16.7. The average molecular weight is 320 g/mol. The molecular weight excluding hydrogens is 300 g/mol. The van der Waals surface area contributed by atoms with E-state index in [0.717, 1.165) is 5.56 Å². The minimum atomic E-state index is -0.186. The van der Waals surface area contributed by atoms with Crippen molar-refractivity contribution in [1.29, 1.82) is 0 Å². The van der Waals surface area contributed by atoms with Crippen LogP contribution >= 0.6 is 0 Å². The molecule has 7 nitrogen and oxygen atoms in total. The summed E-state index contributed by atoms with van der Waals surface area (Å²) in [4.78, 5) is 12.2. The molecule has 0 saturated carbocycles. The number of hydrogen-bond acceptors (Lipinski definition) is 6. The minimum absolute atomic E-state index is 0.178. The SMILES string of the molecule is COc1cc(NC(=O)Cc2c(C)noc2C)cc(OC)c1OC. The summed E-state index contributed by atoms with van der Waals surface area (Å²) < 4.78 is 20.8. The molecule has 7 heteroatoms. The van der Waals surface area contributed by atoms with Crippen molar-refractivity contribution in [2.45, 2.75) is 20.3 Å². The first-order chi connectivity index (χ1) is 11.0. The summed E-state index contributed by atoms with van der Waals surface area (Å²) in [5.41, 5.74) is 2.05. The van der Waals surface area contributed by atoms with Crippen LogP contribution in [-0.2, 0) is 11.2 Å². The van der Waals surface area contributed by atoms with Gasteiger partial charge in [0.2, 0.25) is 11.7 Å². The maximum atomic E-state index is 12.2. The minimum Gasteiger partial charge on any atom is -0.493 e. The van der Waals surface area contributed by atoms with E-state index in [1.807, 2.05) is 0 Å². The molecule has 0 aliphatic heterocycles. The van der Waals surface area contributed by atoms with E-state index >= 15 is 0 Å². The van der Waals surface area contributed by atoms with Gasteiger partial charge in [0.1, 0.15) is 5.76 Å². The molecule has 1 aromatic carbocycles. The van der Waals surface area contributed by atoms with Crippen LogP contribution < -0.4 is 19.5 Å². The van der Waals surface area contributed by atoms with Crippen molar-refractivity contribution in [3.05, 3.63) is 29.2 Å². The number of hydrogen-bond donors (Lipinski definition) is 1. The summed E-state index contributed by atoms with van der Waals surface area (Å²) in [6.07, 6.45) is 0.178. The molecule has 124 valence electrons. The fourth-order valence-corrected chi connectivity index (χ4v) is 2.27. The smallest absolute Gasteiger partial charge is 0.229 e. The number of amides is 1. The molecule has 1 amide bonds. The largest absolute Gasteiger partial charge is 0.493 e. The number of rotatable bonds is 6. The second kappa shape index (κ2) is 7.04. The molecule has 0 unspecified atom stereocenters. The molecule has 0 saturated heterocycles. The van der Waals surface area contributed by atoms with Crippen LogP contribution in [0.4, 0.5) is 5.69 Å². The van der Waals surface area contributed by atoms with Gasteiger partial charge in [-0.05, 0) is 13.8 Å². The Morgan fingerprint density at radius 3 is 2.17 bits per heavy atom. The number of carbonyl (C=O) groups is 1. The van der Waals surface area contributed by atoms with Crippen LogP contribution in [0.25, 0.3) is 0 Å². The van der Waals surface area contributed by atoms with E-state index in [0.29, 0.717) is 34.4 Å². The predicted octanol–water partition coefficient (Wildman–Crippen LogP) is 2.50. The lowest BCUT2D eigenvalue weighted by Crippen LogP contribution is -2.15. The van der Waals surface area contributed by atoms with Crippen molar-refractivity contribution >= 4 is 11.6 Å². The first-order valence-corrected chi connectivity index (χ1v) is 7.01. The maximum Gasteiger partial charge on any atom is 0.229 e. The van der Waals surface area contributed by atoms with Crippen molar-refractivity contribution < 1.29 is 23.5 Å². The Hall–Kier alpha value is -2.70. The highest BCUT2D eigenvalue weighted by atomic mass is 16.5. The third kappa shape index (κ3) is 3.56. The quantitative estimate of drug-likeness (QED) is 0.880. The summed E-state index contributed by atoms with van der Waals surface area (Å²) in [6, 6.07) is 3.35. The van der Waals surface area contributed by atoms with Crippen molar-refractivity contribution in [3.63, 3.8) is 0 Å². The number of aromatic nitrogens is 1. The summed E-state index contributed by atoms with van der Waals surface area (Å²) in [6.45, 7) is 3.58. The van der Waals surface area contributed by atoms with Gasteiger partial charge in [0, 0.05) is 23.4 Å². The molecule has 1 N–H and O–H groups in total. The molecule has 2 aromatic rings. The van der Waals surface area contributed by atoms with Gasteiger partial charge in [0.15, 0.2) is 11.5 Å². The van der Waals surface area contributed by atoms with Crippen LogP contribution in [0.15, 0.2) is 16.7 Å². The van der Waals surface area contributed by atoms with E-state index in [1.54, 1.807) is 26.0 Å². The Bertz CT molecular complexity index is 664. The number of benzene rings is 1. The molecule has 0 atom stereocenters. The fraction of sp³-hybridized carbons (Fsp3) is 0.375. The zero-order chi connectivity index (χ0) is 17.0. The number of anilines is 1. The summed E-state index contributed by atoms with van der Waals surface area (Å²) in [7, 11) is 4.57. The van der Waals surface area contributed by atoms with Gasteiger partial charge >= 0.3 is 0 Å². The van der Waals surface area contributed by atoms with E-state index in [-0.39, 0.29) is 12.3 Å². The number of nitrogens with one attached hydrogen (secondary N) is 1. The van der Waals surface area contributed by atoms with Crippen molar-refractivity contribution in [1.82, 2.24) is 5.16 Å². The zero-order valence-electron chi connectivity index (χ0n) is 13.9. The maximum absolute atomic E-state index is 12.2. The second-order valence-electron chi connectivity index (χ2n) is 4.94. The highest BCUT2D eigenvalue weighted by molar-refractivity contribution is 5.93. The number of ether oxygens (including phenoxy) is 3. The Labute approximate surface area is 134 Å². The lowest BCUT2D eigenvalue weighted by Gasteiger charge is -2.14. The third-order valence-corrected chi connectivity index (χ3v) is 3.47. The van der Waals surface area contributed by atoms with Gasteiger partial charge in [0.25, 0.3) is 0 Å². The molecule has 1 heterocycles. The van der Waals surface area contributed by atoms with Crippen molar-refractivity contribution in [2.75, 3.05) is 26.6 Å². The Kier molecular flexibility index (Phi) is 5.10. The van der Waals surface area contributed by atoms with Gasteiger partial charge in [0.05, 0.1) is 33.4 Å². The highest BCUT2D eigenvalue weighted by Gasteiger charge is 2.17. The van der Waals surface area contributed by atoms with E-state index in [1.165, 1.54) is 21.3 Å². The van der Waals surface area contributed by atoms with Gasteiger partial charge in [-0.2, -0.15) is 0 Å². The van der Waals surface area contributed by atoms with Crippen molar-refractivity contribution in [3.8, 4) is 17.2 Å². The third-order valence-electron chi connectivity index (χ3n) is 3.47. The van der Waals surface area contributed by atoms with Crippen LogP contribution in [0.5, 0.6) is 17.2 Å². The van der Waals surface area contributed by atoms with Crippen LogP contribution in [0, 0.1) is 13.8 Å². The zero-order valence-corrected chi connectivity index (χ0v) is 13.9. The monoisotopic (exact) mass is 320 g/mol. The van der Waals surface area contributed by atoms with E-state index < -0.39 is 0 Å². The topological polar surface area (TPSA) is 82.8 Å². The van der Waals surface area contributed by atoms with E-state index in [9.17, 15) is 4.79 Å². The first-order valence-electron chi connectivity index (χ1n) is 7.01. The number of aryl methyl sites for hydroxylation is 2. The predicted molar refractivity (Wildman–Crippen MR) is 84.4 cm³/mol. The van der Waals surface area contributed by atoms with Gasteiger partial charge in [-0.15, -0.1) is 0 Å². The fourth-order valence-electron chi connectivity index (χ4n) is 2.27. The van der Waals surface area contributed by atoms with Crippen LogP contribution in [0.2, 0.25) is 0 Å². The molecule has 0 bridgehead atoms. The van der Waals surface area contributed by atoms with Gasteiger partial charge in [-0.3, -0.25) is 4.79 Å². The lowest BCUT2D eigenvalue weighted by molar-refractivity contribution is -0.115. The van der Waals surface area contributed by atoms with Crippen LogP contribution in [0.3, 0.4) is 0 Å². The number of methoxy groups -OCH3 is 3. The molecule has 2 rings (SSSR count). The molecule has 0 aliphatic rings. The highest BCUT2D eigenvalue weighted by Crippen LogP contribution is 2.39. The molecule has 0 fully saturated rings. The molecule has 23 heavy (non-hydrogen) atoms. The molecule has 0 aliphatic carbocycles. The molecule has 0 spiro atoms. The lowest BCUT2D eigenvalue weighted by atomic mass is 10.1. The van der Waals surface area contributed by atoms with Crippen LogP contribution in [0.1, 0.15) is 17.0 Å². The second-order valence-corrected chi connectivity index (χ2v) is 4.94. The van der Waals surface area contributed by atoms with E-state index in [4.69, 9.17) is 18.7 Å². The summed E-state index contributed by atoms with van der Waals surface area (Å²) in [5, 5.41) is 6.65. The average Bonchev–Trinajstić information content (AvgIpc) is 2.85. The Morgan fingerprint density at radius 1 is 1.13 bits per heavy atom. The van der Waals surface area contributed by atoms with Crippen LogP contribution in [-0.4, -0.2) is 32.4 Å². The normalized spacial score (nSPS) is 10.3. The van der Waals surface area contributed by atoms with Crippen molar-refractivity contribution in [2.24, 2.45) is 0 Å². The summed E-state index contributed by atoms with van der Waals surface area (Å²) in [5.74, 6) is 1.87. The molecule has 1 aromatic heterocycles.